The van der Waals surface area contributed by atoms with Gasteiger partial charge in [0.1, 0.15) is 11.9 Å². The Kier molecular flexibility index (Phi) is 10.9. The highest BCUT2D eigenvalue weighted by Crippen LogP contribution is 2.17. The van der Waals surface area contributed by atoms with Gasteiger partial charge in [0.25, 0.3) is 0 Å². The van der Waals surface area contributed by atoms with E-state index in [4.69, 9.17) is 0 Å². The highest BCUT2D eigenvalue weighted by molar-refractivity contribution is 7.89. The lowest BCUT2D eigenvalue weighted by atomic mass is 9.95. The van der Waals surface area contributed by atoms with Crippen molar-refractivity contribution in [3.8, 4) is 5.69 Å². The van der Waals surface area contributed by atoms with Gasteiger partial charge in [-0.15, -0.1) is 12.4 Å². The number of aromatic nitrogens is 3. The molecule has 1 aromatic heterocycles. The van der Waals surface area contributed by atoms with Crippen LogP contribution in [-0.4, -0.2) is 58.7 Å². The highest BCUT2D eigenvalue weighted by Gasteiger charge is 2.24. The molecule has 0 spiro atoms. The standard InChI is InChI=1S/C23H35N5O5S.ClH/c1-3-4-15-34(32,33)26-21(22(29)30)16-19-5-7-20(8-6-19)28-17(2)25-27(23(28)31)14-11-18-9-12-24-13-10-18;/h5-8,18,21,24,26H,3-4,9-16H2,1-2H3,(H,29,30);1H. The lowest BCUT2D eigenvalue weighted by molar-refractivity contribution is -0.138. The molecule has 1 aliphatic heterocycles. The van der Waals surface area contributed by atoms with E-state index in [1.807, 2.05) is 6.92 Å². The molecule has 3 N–H and O–H groups in total. The van der Waals surface area contributed by atoms with Crippen molar-refractivity contribution in [2.45, 2.75) is 65.0 Å². The number of aryl methyl sites for hydroxylation is 2. The molecule has 10 nitrogen and oxygen atoms in total. The van der Waals surface area contributed by atoms with Gasteiger partial charge in [0.15, 0.2) is 0 Å². The summed E-state index contributed by atoms with van der Waals surface area (Å²) in [6.45, 7) is 6.26. The molecule has 0 bridgehead atoms. The first kappa shape index (κ1) is 29.0. The first-order chi connectivity index (χ1) is 16.2. The van der Waals surface area contributed by atoms with Crippen molar-refractivity contribution in [3.05, 3.63) is 46.1 Å². The van der Waals surface area contributed by atoms with Gasteiger partial charge in [0.05, 0.1) is 11.4 Å². The molecule has 1 aromatic carbocycles. The Morgan fingerprint density at radius 1 is 1.26 bits per heavy atom. The van der Waals surface area contributed by atoms with Gasteiger partial charge in [-0.05, 0) is 75.7 Å². The molecule has 3 rings (SSSR count). The fourth-order valence-electron chi connectivity index (χ4n) is 4.24. The molecule has 1 saturated heterocycles. The number of aliphatic carboxylic acids is 1. The van der Waals surface area contributed by atoms with E-state index in [9.17, 15) is 23.1 Å². The molecule has 0 aliphatic carbocycles. The van der Waals surface area contributed by atoms with E-state index in [0.29, 0.717) is 42.4 Å². The van der Waals surface area contributed by atoms with Crippen LogP contribution in [0.4, 0.5) is 0 Å². The number of sulfonamides is 1. The van der Waals surface area contributed by atoms with Crippen LogP contribution in [0.3, 0.4) is 0 Å². The van der Waals surface area contributed by atoms with Crippen LogP contribution < -0.4 is 15.7 Å². The van der Waals surface area contributed by atoms with E-state index < -0.39 is 22.0 Å². The van der Waals surface area contributed by atoms with E-state index in [0.717, 1.165) is 32.4 Å². The predicted molar refractivity (Wildman–Crippen MR) is 137 cm³/mol. The summed E-state index contributed by atoms with van der Waals surface area (Å²) in [6.07, 6.45) is 4.32. The number of rotatable bonds is 12. The quantitative estimate of drug-likeness (QED) is 0.382. The second-order valence-corrected chi connectivity index (χ2v) is 10.8. The van der Waals surface area contributed by atoms with Crippen LogP contribution in [0.1, 0.15) is 50.4 Å². The van der Waals surface area contributed by atoms with Crippen molar-refractivity contribution in [1.82, 2.24) is 24.4 Å². The largest absolute Gasteiger partial charge is 0.480 e. The minimum atomic E-state index is -3.67. The third-order valence-electron chi connectivity index (χ3n) is 6.23. The van der Waals surface area contributed by atoms with Crippen molar-refractivity contribution in [2.75, 3.05) is 18.8 Å². The van der Waals surface area contributed by atoms with Gasteiger partial charge in [0, 0.05) is 6.54 Å². The van der Waals surface area contributed by atoms with E-state index >= 15 is 0 Å². The van der Waals surface area contributed by atoms with Crippen LogP contribution in [0.2, 0.25) is 0 Å². The molecule has 1 fully saturated rings. The maximum atomic E-state index is 13.0. The fourth-order valence-corrected chi connectivity index (χ4v) is 5.64. The number of carboxylic acids is 1. The fraction of sp³-hybridized carbons (Fsp3) is 0.609. The third-order valence-corrected chi connectivity index (χ3v) is 7.70. The number of carbonyl (C=O) groups is 1. The molecule has 0 saturated carbocycles. The monoisotopic (exact) mass is 529 g/mol. The van der Waals surface area contributed by atoms with Gasteiger partial charge in [-0.25, -0.2) is 27.2 Å². The van der Waals surface area contributed by atoms with Crippen molar-refractivity contribution in [2.24, 2.45) is 5.92 Å². The molecule has 0 radical (unpaired) electrons. The number of carboxylic acid groups (broad SMARTS) is 1. The Labute approximate surface area is 212 Å². The van der Waals surface area contributed by atoms with Crippen LogP contribution >= 0.6 is 12.4 Å². The molecule has 2 aromatic rings. The zero-order chi connectivity index (χ0) is 24.7. The summed E-state index contributed by atoms with van der Waals surface area (Å²) in [5.41, 5.74) is 1.08. The first-order valence-corrected chi connectivity index (χ1v) is 13.5. The topological polar surface area (TPSA) is 135 Å². The lowest BCUT2D eigenvalue weighted by Crippen LogP contribution is -2.43. The van der Waals surface area contributed by atoms with Gasteiger partial charge < -0.3 is 10.4 Å². The SMILES string of the molecule is CCCCS(=O)(=O)NC(Cc1ccc(-n2c(C)nn(CCC3CCNCC3)c2=O)cc1)C(=O)O.Cl. The minimum absolute atomic E-state index is 0. The molecule has 0 amide bonds. The zero-order valence-electron chi connectivity index (χ0n) is 20.3. The number of hydrogen-bond donors (Lipinski definition) is 3. The van der Waals surface area contributed by atoms with Crippen molar-refractivity contribution >= 4 is 28.4 Å². The normalized spacial score (nSPS) is 15.5. The summed E-state index contributed by atoms with van der Waals surface area (Å²) >= 11 is 0. The molecule has 12 heteroatoms. The molecule has 1 unspecified atom stereocenters. The van der Waals surface area contributed by atoms with Crippen LogP contribution in [-0.2, 0) is 27.8 Å². The maximum Gasteiger partial charge on any atom is 0.350 e. The number of unbranched alkanes of at least 4 members (excludes halogenated alkanes) is 1. The summed E-state index contributed by atoms with van der Waals surface area (Å²) in [5, 5.41) is 17.3. The maximum absolute atomic E-state index is 13.0. The zero-order valence-corrected chi connectivity index (χ0v) is 21.9. The number of halogens is 1. The molecule has 35 heavy (non-hydrogen) atoms. The van der Waals surface area contributed by atoms with Crippen molar-refractivity contribution < 1.29 is 18.3 Å². The Balaban J connectivity index is 0.00000432. The van der Waals surface area contributed by atoms with Crippen LogP contribution in [0.25, 0.3) is 5.69 Å². The number of hydrogen-bond acceptors (Lipinski definition) is 6. The van der Waals surface area contributed by atoms with Gasteiger partial charge in [-0.2, -0.15) is 5.10 Å². The minimum Gasteiger partial charge on any atom is -0.480 e. The summed E-state index contributed by atoms with van der Waals surface area (Å²) < 4.78 is 29.6. The average molecular weight is 530 g/mol. The van der Waals surface area contributed by atoms with E-state index in [-0.39, 0.29) is 30.3 Å². The molecule has 1 atom stereocenters. The second kappa shape index (κ2) is 13.2. The second-order valence-electron chi connectivity index (χ2n) is 8.92. The van der Waals surface area contributed by atoms with E-state index in [1.54, 1.807) is 31.2 Å². The lowest BCUT2D eigenvalue weighted by Gasteiger charge is -2.22. The summed E-state index contributed by atoms with van der Waals surface area (Å²) in [6, 6.07) is 5.63. The Bertz CT molecular complexity index is 1120. The smallest absolute Gasteiger partial charge is 0.350 e. The van der Waals surface area contributed by atoms with Crippen LogP contribution in [0.5, 0.6) is 0 Å². The number of nitrogens with zero attached hydrogens (tertiary/aromatic N) is 3. The van der Waals surface area contributed by atoms with Gasteiger partial charge in [-0.1, -0.05) is 25.5 Å². The molecule has 2 heterocycles. The average Bonchev–Trinajstić information content (AvgIpc) is 3.10. The molecule has 1 aliphatic rings. The van der Waals surface area contributed by atoms with E-state index in [2.05, 4.69) is 15.1 Å². The number of piperidine rings is 1. The summed E-state index contributed by atoms with van der Waals surface area (Å²) in [7, 11) is -3.67. The Morgan fingerprint density at radius 3 is 2.51 bits per heavy atom. The van der Waals surface area contributed by atoms with Gasteiger partial charge in [-0.3, -0.25) is 4.79 Å². The van der Waals surface area contributed by atoms with Crippen molar-refractivity contribution in [3.63, 3.8) is 0 Å². The summed E-state index contributed by atoms with van der Waals surface area (Å²) in [4.78, 5) is 24.6. The number of benzene rings is 1. The summed E-state index contributed by atoms with van der Waals surface area (Å²) in [5.74, 6) is -0.156. The third kappa shape index (κ3) is 8.16. The molecular weight excluding hydrogens is 494 g/mol. The Hall–Kier alpha value is -2.21. The molecule has 196 valence electrons. The predicted octanol–water partition coefficient (Wildman–Crippen LogP) is 1.87. The first-order valence-electron chi connectivity index (χ1n) is 11.9. The van der Waals surface area contributed by atoms with Gasteiger partial charge >= 0.3 is 11.7 Å². The Morgan fingerprint density at radius 2 is 1.91 bits per heavy atom. The van der Waals surface area contributed by atoms with Crippen LogP contribution in [0.15, 0.2) is 29.1 Å². The molecular formula is C23H36ClN5O5S. The van der Waals surface area contributed by atoms with E-state index in [1.165, 1.54) is 9.25 Å². The van der Waals surface area contributed by atoms with Crippen molar-refractivity contribution in [1.29, 1.82) is 0 Å². The number of nitrogens with one attached hydrogen (secondary N) is 2. The highest BCUT2D eigenvalue weighted by atomic mass is 35.5. The van der Waals surface area contributed by atoms with Crippen LogP contribution in [0, 0.1) is 12.8 Å². The van der Waals surface area contributed by atoms with Gasteiger partial charge in [0.2, 0.25) is 10.0 Å².